The summed E-state index contributed by atoms with van der Waals surface area (Å²) in [6, 6.07) is 5.76. The van der Waals surface area contributed by atoms with Crippen LogP contribution >= 0.6 is 0 Å². The Bertz CT molecular complexity index is 482. The van der Waals surface area contributed by atoms with Crippen molar-refractivity contribution in [2.75, 3.05) is 13.7 Å². The first-order chi connectivity index (χ1) is 10.2. The van der Waals surface area contributed by atoms with Crippen molar-refractivity contribution >= 4 is 5.84 Å². The molecule has 1 fully saturated rings. The maximum atomic E-state index is 8.84. The van der Waals surface area contributed by atoms with E-state index >= 15 is 0 Å². The first kappa shape index (κ1) is 15.6. The number of oxime groups is 1. The minimum absolute atomic E-state index is 0.0704. The molecule has 1 saturated carbocycles. The summed E-state index contributed by atoms with van der Waals surface area (Å²) in [7, 11) is 1.57. The van der Waals surface area contributed by atoms with Crippen LogP contribution in [0.2, 0.25) is 0 Å². The van der Waals surface area contributed by atoms with Gasteiger partial charge in [-0.3, -0.25) is 0 Å². The number of hydrogen-bond acceptors (Lipinski definition) is 4. The Morgan fingerprint density at radius 2 is 2.14 bits per heavy atom. The van der Waals surface area contributed by atoms with Crippen LogP contribution in [0.25, 0.3) is 0 Å². The van der Waals surface area contributed by atoms with E-state index in [9.17, 15) is 0 Å². The minimum atomic E-state index is 0.0704. The molecule has 0 spiro atoms. The van der Waals surface area contributed by atoms with E-state index in [-0.39, 0.29) is 5.84 Å². The largest absolute Gasteiger partial charge is 0.496 e. The van der Waals surface area contributed by atoms with Crippen LogP contribution in [-0.2, 0) is 6.54 Å². The molecule has 0 bridgehead atoms. The lowest BCUT2D eigenvalue weighted by atomic mass is 9.89. The molecule has 0 unspecified atom stereocenters. The molecule has 1 aliphatic carbocycles. The highest BCUT2D eigenvalue weighted by Gasteiger charge is 2.13. The van der Waals surface area contributed by atoms with Crippen LogP contribution in [0.15, 0.2) is 23.4 Å². The van der Waals surface area contributed by atoms with Gasteiger partial charge in [0.15, 0.2) is 5.84 Å². The van der Waals surface area contributed by atoms with E-state index in [1.165, 1.54) is 32.1 Å². The Balaban J connectivity index is 1.93. The Kier molecular flexibility index (Phi) is 5.87. The molecule has 0 heterocycles. The van der Waals surface area contributed by atoms with Gasteiger partial charge in [-0.25, -0.2) is 0 Å². The highest BCUT2D eigenvalue weighted by Crippen LogP contribution is 2.23. The molecule has 0 atom stereocenters. The maximum Gasteiger partial charge on any atom is 0.173 e. The zero-order chi connectivity index (χ0) is 15.1. The van der Waals surface area contributed by atoms with E-state index < -0.39 is 0 Å². The molecule has 0 aromatic heterocycles. The Morgan fingerprint density at radius 3 is 2.81 bits per heavy atom. The SMILES string of the molecule is COc1ccc(CNCC2CCCCC2)cc1C(N)=NO. The van der Waals surface area contributed by atoms with Crippen LogP contribution in [-0.4, -0.2) is 24.7 Å². The van der Waals surface area contributed by atoms with E-state index in [1.807, 2.05) is 18.2 Å². The van der Waals surface area contributed by atoms with Gasteiger partial charge in [0.2, 0.25) is 0 Å². The average molecular weight is 291 g/mol. The lowest BCUT2D eigenvalue weighted by molar-refractivity contribution is 0.318. The summed E-state index contributed by atoms with van der Waals surface area (Å²) in [6.07, 6.45) is 6.79. The first-order valence-electron chi connectivity index (χ1n) is 7.60. The van der Waals surface area contributed by atoms with E-state index in [1.54, 1.807) is 7.11 Å². The molecule has 116 valence electrons. The van der Waals surface area contributed by atoms with E-state index in [0.29, 0.717) is 11.3 Å². The number of rotatable bonds is 6. The normalized spacial score (nSPS) is 16.9. The van der Waals surface area contributed by atoms with Crippen LogP contribution in [0, 0.1) is 5.92 Å². The van der Waals surface area contributed by atoms with Crippen LogP contribution in [0.4, 0.5) is 0 Å². The summed E-state index contributed by atoms with van der Waals surface area (Å²) in [6.45, 7) is 1.84. The number of benzene rings is 1. The van der Waals surface area contributed by atoms with Gasteiger partial charge in [-0.1, -0.05) is 30.5 Å². The van der Waals surface area contributed by atoms with Gasteiger partial charge < -0.3 is 21.0 Å². The van der Waals surface area contributed by atoms with Crippen molar-refractivity contribution in [2.24, 2.45) is 16.8 Å². The lowest BCUT2D eigenvalue weighted by Crippen LogP contribution is -2.24. The van der Waals surface area contributed by atoms with Gasteiger partial charge >= 0.3 is 0 Å². The number of ether oxygens (including phenoxy) is 1. The van der Waals surface area contributed by atoms with Gasteiger partial charge in [0.05, 0.1) is 12.7 Å². The molecule has 2 rings (SSSR count). The molecule has 1 aromatic rings. The predicted octanol–water partition coefficient (Wildman–Crippen LogP) is 2.46. The Morgan fingerprint density at radius 1 is 1.38 bits per heavy atom. The van der Waals surface area contributed by atoms with Crippen LogP contribution in [0.3, 0.4) is 0 Å². The zero-order valence-electron chi connectivity index (χ0n) is 12.6. The number of amidine groups is 1. The molecular formula is C16H25N3O2. The van der Waals surface area contributed by atoms with E-state index in [4.69, 9.17) is 15.7 Å². The quantitative estimate of drug-likeness (QED) is 0.325. The molecule has 0 amide bonds. The van der Waals surface area contributed by atoms with E-state index in [2.05, 4.69) is 10.5 Å². The summed E-state index contributed by atoms with van der Waals surface area (Å²) in [5, 5.41) is 15.4. The van der Waals surface area contributed by atoms with Crippen molar-refractivity contribution in [2.45, 2.75) is 38.6 Å². The molecule has 1 aliphatic rings. The Hall–Kier alpha value is -1.75. The van der Waals surface area contributed by atoms with Crippen molar-refractivity contribution in [3.05, 3.63) is 29.3 Å². The van der Waals surface area contributed by atoms with Crippen LogP contribution in [0.5, 0.6) is 5.75 Å². The fourth-order valence-corrected chi connectivity index (χ4v) is 2.93. The smallest absolute Gasteiger partial charge is 0.173 e. The van der Waals surface area contributed by atoms with Crippen LogP contribution in [0.1, 0.15) is 43.2 Å². The second-order valence-corrected chi connectivity index (χ2v) is 5.65. The van der Waals surface area contributed by atoms with Crippen molar-refractivity contribution in [3.63, 3.8) is 0 Å². The Labute approximate surface area is 126 Å². The summed E-state index contributed by atoms with van der Waals surface area (Å²) >= 11 is 0. The van der Waals surface area contributed by atoms with Crippen molar-refractivity contribution < 1.29 is 9.94 Å². The van der Waals surface area contributed by atoms with Gasteiger partial charge in [0.25, 0.3) is 0 Å². The average Bonchev–Trinajstić information content (AvgIpc) is 2.55. The van der Waals surface area contributed by atoms with Gasteiger partial charge in [-0.15, -0.1) is 0 Å². The van der Waals surface area contributed by atoms with Gasteiger partial charge in [-0.2, -0.15) is 0 Å². The number of nitrogens with zero attached hydrogens (tertiary/aromatic N) is 1. The zero-order valence-corrected chi connectivity index (χ0v) is 12.6. The predicted molar refractivity (Wildman–Crippen MR) is 83.8 cm³/mol. The first-order valence-corrected chi connectivity index (χ1v) is 7.60. The maximum absolute atomic E-state index is 8.84. The molecular weight excluding hydrogens is 266 g/mol. The molecule has 0 radical (unpaired) electrons. The number of nitrogens with two attached hydrogens (primary N) is 1. The number of methoxy groups -OCH3 is 1. The van der Waals surface area contributed by atoms with Gasteiger partial charge in [0.1, 0.15) is 5.75 Å². The third kappa shape index (κ3) is 4.36. The molecule has 4 N–H and O–H groups in total. The van der Waals surface area contributed by atoms with Gasteiger partial charge in [0, 0.05) is 6.54 Å². The second-order valence-electron chi connectivity index (χ2n) is 5.65. The fourth-order valence-electron chi connectivity index (χ4n) is 2.93. The lowest BCUT2D eigenvalue weighted by Gasteiger charge is -2.22. The summed E-state index contributed by atoms with van der Waals surface area (Å²) < 4.78 is 5.23. The molecule has 1 aromatic carbocycles. The van der Waals surface area contributed by atoms with Crippen molar-refractivity contribution in [1.29, 1.82) is 0 Å². The highest BCUT2D eigenvalue weighted by molar-refractivity contribution is 5.99. The molecule has 0 aliphatic heterocycles. The third-order valence-electron chi connectivity index (χ3n) is 4.13. The van der Waals surface area contributed by atoms with Crippen molar-refractivity contribution in [1.82, 2.24) is 5.32 Å². The molecule has 0 saturated heterocycles. The minimum Gasteiger partial charge on any atom is -0.496 e. The summed E-state index contributed by atoms with van der Waals surface area (Å²) in [5.74, 6) is 1.49. The topological polar surface area (TPSA) is 79.9 Å². The summed E-state index contributed by atoms with van der Waals surface area (Å²) in [4.78, 5) is 0. The number of nitrogens with one attached hydrogen (secondary N) is 1. The van der Waals surface area contributed by atoms with Gasteiger partial charge in [-0.05, 0) is 43.0 Å². The summed E-state index contributed by atoms with van der Waals surface area (Å²) in [5.41, 5.74) is 7.41. The second kappa shape index (κ2) is 7.88. The number of hydrogen-bond donors (Lipinski definition) is 3. The molecule has 5 heteroatoms. The monoisotopic (exact) mass is 291 g/mol. The van der Waals surface area contributed by atoms with Crippen LogP contribution < -0.4 is 15.8 Å². The fraction of sp³-hybridized carbons (Fsp3) is 0.562. The molecule has 5 nitrogen and oxygen atoms in total. The van der Waals surface area contributed by atoms with E-state index in [0.717, 1.165) is 24.6 Å². The third-order valence-corrected chi connectivity index (χ3v) is 4.13. The standard InChI is InChI=1S/C16H25N3O2/c1-21-15-8-7-13(9-14(15)16(17)19-20)11-18-10-12-5-3-2-4-6-12/h7-9,12,18,20H,2-6,10-11H2,1H3,(H2,17,19). The molecule has 21 heavy (non-hydrogen) atoms. The van der Waals surface area contributed by atoms with Crippen molar-refractivity contribution in [3.8, 4) is 5.75 Å². The highest BCUT2D eigenvalue weighted by atomic mass is 16.5.